The van der Waals surface area contributed by atoms with E-state index in [9.17, 15) is 9.90 Å². The highest BCUT2D eigenvalue weighted by Gasteiger charge is 2.24. The Hall–Kier alpha value is -3.61. The molecule has 7 heteroatoms. The topological polar surface area (TPSA) is 94.2 Å². The Morgan fingerprint density at radius 1 is 1.11 bits per heavy atom. The second-order valence-electron chi connectivity index (χ2n) is 9.08. The fraction of sp³-hybridized carbons (Fsp3) is 0.393. The number of ether oxygens (including phenoxy) is 1. The number of carboxylic acids is 1. The summed E-state index contributed by atoms with van der Waals surface area (Å²) in [4.78, 5) is 21.6. The second kappa shape index (κ2) is 12.7. The maximum absolute atomic E-state index is 11.8. The molecule has 2 atom stereocenters. The standard InChI is InChI=1S/C28H34N2O5/c1-19(2)18-34-29-17-20(3)25(28(31)32)16-22-10-12-24(13-11-22)33-15-14-26-21(4)35-27(30-26)23-8-6-5-7-9-23/h5-13,17,19-20,25H,14-16,18H2,1-4H3,(H,31,32)/b29-17+. The Morgan fingerprint density at radius 3 is 2.49 bits per heavy atom. The molecular formula is C28H34N2O5. The van der Waals surface area contributed by atoms with E-state index in [1.54, 1.807) is 6.21 Å². The Kier molecular flexibility index (Phi) is 9.47. The van der Waals surface area contributed by atoms with Gasteiger partial charge in [0.2, 0.25) is 5.89 Å². The third kappa shape index (κ3) is 7.98. The van der Waals surface area contributed by atoms with Gasteiger partial charge in [0, 0.05) is 24.1 Å². The number of aromatic nitrogens is 1. The summed E-state index contributed by atoms with van der Waals surface area (Å²) in [6, 6.07) is 17.3. The lowest BCUT2D eigenvalue weighted by atomic mass is 9.89. The SMILES string of the molecule is Cc1oc(-c2ccccc2)nc1CCOc1ccc(CC(C(=O)O)C(C)/C=N/OCC(C)C)cc1. The van der Waals surface area contributed by atoms with Crippen molar-refractivity contribution in [2.45, 2.75) is 40.5 Å². The van der Waals surface area contributed by atoms with Crippen LogP contribution in [0.1, 0.15) is 37.8 Å². The van der Waals surface area contributed by atoms with E-state index in [-0.39, 0.29) is 5.92 Å². The van der Waals surface area contributed by atoms with Gasteiger partial charge in [-0.2, -0.15) is 0 Å². The van der Waals surface area contributed by atoms with Crippen molar-refractivity contribution in [3.63, 3.8) is 0 Å². The summed E-state index contributed by atoms with van der Waals surface area (Å²) in [6.45, 7) is 8.78. The molecule has 0 aliphatic carbocycles. The Bertz CT molecular complexity index is 1090. The lowest BCUT2D eigenvalue weighted by Gasteiger charge is -2.17. The summed E-state index contributed by atoms with van der Waals surface area (Å²) in [5, 5.41) is 13.6. The van der Waals surface area contributed by atoms with Gasteiger partial charge < -0.3 is 19.1 Å². The highest BCUT2D eigenvalue weighted by Crippen LogP contribution is 2.23. The van der Waals surface area contributed by atoms with E-state index in [1.165, 1.54) is 0 Å². The van der Waals surface area contributed by atoms with Crippen molar-refractivity contribution >= 4 is 12.2 Å². The Labute approximate surface area is 206 Å². The number of carboxylic acid groups (broad SMARTS) is 1. The average molecular weight is 479 g/mol. The molecule has 7 nitrogen and oxygen atoms in total. The number of hydrogen-bond donors (Lipinski definition) is 1. The van der Waals surface area contributed by atoms with Crippen molar-refractivity contribution in [1.29, 1.82) is 0 Å². The second-order valence-corrected chi connectivity index (χ2v) is 9.08. The largest absolute Gasteiger partial charge is 0.493 e. The summed E-state index contributed by atoms with van der Waals surface area (Å²) in [6.07, 6.45) is 2.60. The van der Waals surface area contributed by atoms with Gasteiger partial charge in [-0.25, -0.2) is 4.98 Å². The molecule has 35 heavy (non-hydrogen) atoms. The molecule has 1 heterocycles. The smallest absolute Gasteiger partial charge is 0.307 e. The van der Waals surface area contributed by atoms with E-state index in [1.807, 2.05) is 82.3 Å². The van der Waals surface area contributed by atoms with Crippen LogP contribution in [0, 0.1) is 24.7 Å². The van der Waals surface area contributed by atoms with Gasteiger partial charge in [-0.15, -0.1) is 0 Å². The molecule has 3 aromatic rings. The summed E-state index contributed by atoms with van der Waals surface area (Å²) >= 11 is 0. The van der Waals surface area contributed by atoms with Crippen LogP contribution in [0.15, 0.2) is 64.2 Å². The van der Waals surface area contributed by atoms with Crippen LogP contribution in [0.5, 0.6) is 5.75 Å². The lowest BCUT2D eigenvalue weighted by molar-refractivity contribution is -0.142. The predicted octanol–water partition coefficient (Wildman–Crippen LogP) is 5.81. The number of benzene rings is 2. The number of hydrogen-bond acceptors (Lipinski definition) is 6. The zero-order valence-corrected chi connectivity index (χ0v) is 20.8. The molecule has 0 fully saturated rings. The Morgan fingerprint density at radius 2 is 1.83 bits per heavy atom. The van der Waals surface area contributed by atoms with Crippen LogP contribution in [0.3, 0.4) is 0 Å². The van der Waals surface area contributed by atoms with Gasteiger partial charge in [-0.3, -0.25) is 4.79 Å². The summed E-state index contributed by atoms with van der Waals surface area (Å²) < 4.78 is 11.7. The van der Waals surface area contributed by atoms with Crippen LogP contribution in [-0.4, -0.2) is 35.5 Å². The molecule has 0 bridgehead atoms. The maximum atomic E-state index is 11.8. The first-order chi connectivity index (χ1) is 16.8. The number of oxazole rings is 1. The van der Waals surface area contributed by atoms with Crippen molar-refractivity contribution in [2.24, 2.45) is 22.9 Å². The molecule has 186 valence electrons. The third-order valence-electron chi connectivity index (χ3n) is 5.63. The third-order valence-corrected chi connectivity index (χ3v) is 5.63. The van der Waals surface area contributed by atoms with Gasteiger partial charge in [0.25, 0.3) is 0 Å². The summed E-state index contributed by atoms with van der Waals surface area (Å²) in [7, 11) is 0. The number of aliphatic carboxylic acids is 1. The first-order valence-electron chi connectivity index (χ1n) is 11.9. The van der Waals surface area contributed by atoms with Crippen molar-refractivity contribution in [2.75, 3.05) is 13.2 Å². The minimum Gasteiger partial charge on any atom is -0.493 e. The normalized spacial score (nSPS) is 13.2. The lowest BCUT2D eigenvalue weighted by Crippen LogP contribution is -2.25. The minimum atomic E-state index is -0.856. The highest BCUT2D eigenvalue weighted by atomic mass is 16.6. The first-order valence-corrected chi connectivity index (χ1v) is 11.9. The molecule has 1 N–H and O–H groups in total. The van der Waals surface area contributed by atoms with Gasteiger partial charge in [-0.05, 0) is 49.1 Å². The van der Waals surface area contributed by atoms with Gasteiger partial charge >= 0.3 is 5.97 Å². The molecule has 0 saturated carbocycles. The van der Waals surface area contributed by atoms with Crippen LogP contribution >= 0.6 is 0 Å². The highest BCUT2D eigenvalue weighted by molar-refractivity contribution is 5.76. The molecule has 0 spiro atoms. The minimum absolute atomic E-state index is 0.262. The molecule has 0 amide bonds. The van der Waals surface area contributed by atoms with Gasteiger partial charge in [-0.1, -0.05) is 56.3 Å². The molecule has 3 rings (SSSR count). The van der Waals surface area contributed by atoms with E-state index >= 15 is 0 Å². The molecule has 2 unspecified atom stereocenters. The number of aryl methyl sites for hydroxylation is 1. The van der Waals surface area contributed by atoms with E-state index in [2.05, 4.69) is 10.1 Å². The van der Waals surface area contributed by atoms with Crippen molar-refractivity contribution in [1.82, 2.24) is 4.98 Å². The Balaban J connectivity index is 1.51. The van der Waals surface area contributed by atoms with Crippen molar-refractivity contribution in [3.05, 3.63) is 71.6 Å². The quantitative estimate of drug-likeness (QED) is 0.246. The maximum Gasteiger partial charge on any atom is 0.307 e. The molecule has 0 aliphatic rings. The number of oxime groups is 1. The van der Waals surface area contributed by atoms with Crippen LogP contribution in [0.2, 0.25) is 0 Å². The number of rotatable bonds is 13. The monoisotopic (exact) mass is 478 g/mol. The first kappa shape index (κ1) is 26.0. The molecule has 0 radical (unpaired) electrons. The molecule has 0 aliphatic heterocycles. The van der Waals surface area contributed by atoms with Crippen LogP contribution in [-0.2, 0) is 22.5 Å². The number of carbonyl (C=O) groups is 1. The van der Waals surface area contributed by atoms with Gasteiger partial charge in [0.05, 0.1) is 18.2 Å². The van der Waals surface area contributed by atoms with Crippen LogP contribution in [0.4, 0.5) is 0 Å². The average Bonchev–Trinajstić information content (AvgIpc) is 3.21. The van der Waals surface area contributed by atoms with E-state index in [0.717, 1.165) is 28.3 Å². The zero-order chi connectivity index (χ0) is 25.2. The fourth-order valence-electron chi connectivity index (χ4n) is 3.54. The zero-order valence-electron chi connectivity index (χ0n) is 20.8. The van der Waals surface area contributed by atoms with Gasteiger partial charge in [0.1, 0.15) is 18.1 Å². The molecular weight excluding hydrogens is 444 g/mol. The van der Waals surface area contributed by atoms with E-state index in [4.69, 9.17) is 14.0 Å². The molecule has 0 saturated heterocycles. The number of nitrogens with zero attached hydrogens (tertiary/aromatic N) is 2. The van der Waals surface area contributed by atoms with E-state index in [0.29, 0.717) is 37.9 Å². The van der Waals surface area contributed by atoms with Gasteiger partial charge in [0.15, 0.2) is 0 Å². The predicted molar refractivity (Wildman–Crippen MR) is 136 cm³/mol. The summed E-state index contributed by atoms with van der Waals surface area (Å²) in [5.41, 5.74) is 2.74. The molecule has 1 aromatic heterocycles. The molecule has 2 aromatic carbocycles. The van der Waals surface area contributed by atoms with E-state index < -0.39 is 11.9 Å². The van der Waals surface area contributed by atoms with Crippen molar-refractivity contribution < 1.29 is 23.9 Å². The fourth-order valence-corrected chi connectivity index (χ4v) is 3.54. The van der Waals surface area contributed by atoms with Crippen LogP contribution in [0.25, 0.3) is 11.5 Å². The van der Waals surface area contributed by atoms with Crippen LogP contribution < -0.4 is 4.74 Å². The summed E-state index contributed by atoms with van der Waals surface area (Å²) in [5.74, 6) is 0.776. The van der Waals surface area contributed by atoms with Crippen molar-refractivity contribution in [3.8, 4) is 17.2 Å².